The fraction of sp³-hybridized carbons (Fsp3) is 0.265. The van der Waals surface area contributed by atoms with Gasteiger partial charge in [-0.1, -0.05) is 77.8 Å². The maximum absolute atomic E-state index is 14.1. The molecular weight excluding hydrogens is 597 g/mol. The van der Waals surface area contributed by atoms with Crippen LogP contribution in [-0.2, 0) is 11.2 Å². The first-order valence-electron chi connectivity index (χ1n) is 14.6. The molecule has 8 nitrogen and oxygen atoms in total. The molecular formula is C34H35Cl2N5O3. The Morgan fingerprint density at radius 1 is 0.932 bits per heavy atom. The predicted octanol–water partition coefficient (Wildman–Crippen LogP) is 6.49. The van der Waals surface area contributed by atoms with Crippen molar-refractivity contribution in [2.75, 3.05) is 19.6 Å². The van der Waals surface area contributed by atoms with E-state index >= 15 is 0 Å². The van der Waals surface area contributed by atoms with Crippen molar-refractivity contribution in [2.45, 2.75) is 38.3 Å². The molecule has 44 heavy (non-hydrogen) atoms. The number of fused-ring (bicyclic) bond motifs is 1. The van der Waals surface area contributed by atoms with Crippen molar-refractivity contribution < 1.29 is 14.3 Å². The van der Waals surface area contributed by atoms with E-state index in [1.54, 1.807) is 42.5 Å². The van der Waals surface area contributed by atoms with E-state index in [-0.39, 0.29) is 36.3 Å². The van der Waals surface area contributed by atoms with Crippen LogP contribution >= 0.6 is 23.2 Å². The molecule has 1 aliphatic rings. The minimum Gasteiger partial charge on any atom is -0.456 e. The number of piperazine rings is 1. The average molecular weight is 633 g/mol. The van der Waals surface area contributed by atoms with Crippen molar-refractivity contribution in [3.63, 3.8) is 0 Å². The maximum Gasteiger partial charge on any atom is 0.258 e. The van der Waals surface area contributed by atoms with Gasteiger partial charge in [-0.05, 0) is 60.4 Å². The Morgan fingerprint density at radius 2 is 1.68 bits per heavy atom. The number of carbonyl (C=O) groups is 2. The number of hydrogen-bond acceptors (Lipinski definition) is 4. The van der Waals surface area contributed by atoms with Crippen LogP contribution in [0.2, 0.25) is 10.0 Å². The van der Waals surface area contributed by atoms with Gasteiger partial charge in [0.05, 0.1) is 22.0 Å². The van der Waals surface area contributed by atoms with Gasteiger partial charge in [0.25, 0.3) is 5.91 Å². The molecule has 1 saturated heterocycles. The largest absolute Gasteiger partial charge is 0.456 e. The SMILES string of the molecule is C[C@@H]1CN(C(=O)c2ccccc2Oc2ccc(Cl)c(Cl)c2)[C@@H](CCCNC(=N)N)CN1C(=O)Cc1ccc2ccccc2c1. The zero-order valence-electron chi connectivity index (χ0n) is 24.4. The van der Waals surface area contributed by atoms with Crippen LogP contribution < -0.4 is 15.8 Å². The van der Waals surface area contributed by atoms with Gasteiger partial charge in [0, 0.05) is 37.8 Å². The van der Waals surface area contributed by atoms with Gasteiger partial charge in [-0.15, -0.1) is 0 Å². The number of nitrogens with zero attached hydrogens (tertiary/aromatic N) is 2. The van der Waals surface area contributed by atoms with E-state index < -0.39 is 0 Å². The fourth-order valence-electron chi connectivity index (χ4n) is 5.62. The van der Waals surface area contributed by atoms with E-state index in [0.717, 1.165) is 16.3 Å². The van der Waals surface area contributed by atoms with Crippen LogP contribution in [0.4, 0.5) is 0 Å². The molecule has 0 aliphatic carbocycles. The summed E-state index contributed by atoms with van der Waals surface area (Å²) in [6, 6.07) is 25.8. The second-order valence-corrected chi connectivity index (χ2v) is 11.8. The molecule has 0 unspecified atom stereocenters. The third kappa shape index (κ3) is 7.44. The van der Waals surface area contributed by atoms with E-state index in [2.05, 4.69) is 17.4 Å². The molecule has 0 aromatic heterocycles. The number of ether oxygens (including phenoxy) is 1. The number of hydrogen-bond donors (Lipinski definition) is 3. The number of benzene rings is 4. The summed E-state index contributed by atoms with van der Waals surface area (Å²) in [7, 11) is 0. The summed E-state index contributed by atoms with van der Waals surface area (Å²) in [4.78, 5) is 31.5. The van der Waals surface area contributed by atoms with Gasteiger partial charge < -0.3 is 25.6 Å². The number of carbonyl (C=O) groups excluding carboxylic acids is 2. The molecule has 0 saturated carbocycles. The molecule has 1 heterocycles. The lowest BCUT2D eigenvalue weighted by molar-refractivity contribution is -0.136. The zero-order chi connectivity index (χ0) is 31.2. The molecule has 2 amide bonds. The second-order valence-electron chi connectivity index (χ2n) is 11.0. The topological polar surface area (TPSA) is 112 Å². The van der Waals surface area contributed by atoms with E-state index in [9.17, 15) is 9.59 Å². The number of rotatable bonds is 9. The van der Waals surface area contributed by atoms with Crippen molar-refractivity contribution in [2.24, 2.45) is 5.73 Å². The molecule has 4 aromatic rings. The highest BCUT2D eigenvalue weighted by atomic mass is 35.5. The molecule has 5 rings (SSSR count). The molecule has 228 valence electrons. The van der Waals surface area contributed by atoms with E-state index in [0.29, 0.717) is 59.6 Å². The summed E-state index contributed by atoms with van der Waals surface area (Å²) in [5.41, 5.74) is 6.84. The molecule has 2 atom stereocenters. The molecule has 10 heteroatoms. The van der Waals surface area contributed by atoms with E-state index in [1.807, 2.05) is 47.1 Å². The Bertz CT molecular complexity index is 1680. The van der Waals surface area contributed by atoms with Crippen LogP contribution in [0.25, 0.3) is 10.8 Å². The van der Waals surface area contributed by atoms with E-state index in [1.165, 1.54) is 0 Å². The second kappa shape index (κ2) is 14.0. The van der Waals surface area contributed by atoms with Crippen molar-refractivity contribution in [3.05, 3.63) is 106 Å². The lowest BCUT2D eigenvalue weighted by atomic mass is 9.99. The third-order valence-electron chi connectivity index (χ3n) is 7.86. The minimum absolute atomic E-state index is 0.0232. The summed E-state index contributed by atoms with van der Waals surface area (Å²) in [6.07, 6.45) is 1.56. The van der Waals surface area contributed by atoms with Crippen LogP contribution in [0, 0.1) is 5.41 Å². The zero-order valence-corrected chi connectivity index (χ0v) is 25.9. The molecule has 0 bridgehead atoms. The lowest BCUT2D eigenvalue weighted by Crippen LogP contribution is -2.60. The summed E-state index contributed by atoms with van der Waals surface area (Å²) < 4.78 is 6.10. The van der Waals surface area contributed by atoms with Crippen molar-refractivity contribution in [1.29, 1.82) is 5.41 Å². The predicted molar refractivity (Wildman–Crippen MR) is 176 cm³/mol. The van der Waals surface area contributed by atoms with Crippen LogP contribution in [0.5, 0.6) is 11.5 Å². The van der Waals surface area contributed by atoms with Gasteiger partial charge in [-0.25, -0.2) is 0 Å². The van der Waals surface area contributed by atoms with Gasteiger partial charge in [0.2, 0.25) is 5.91 Å². The minimum atomic E-state index is -0.244. The van der Waals surface area contributed by atoms with Gasteiger partial charge in [-0.2, -0.15) is 0 Å². The Kier molecular flexibility index (Phi) is 9.92. The van der Waals surface area contributed by atoms with Crippen LogP contribution in [0.3, 0.4) is 0 Å². The Morgan fingerprint density at radius 3 is 2.45 bits per heavy atom. The van der Waals surface area contributed by atoms with E-state index in [4.69, 9.17) is 39.1 Å². The number of amides is 2. The first-order chi connectivity index (χ1) is 21.2. The summed E-state index contributed by atoms with van der Waals surface area (Å²) in [5.74, 6) is 0.601. The summed E-state index contributed by atoms with van der Waals surface area (Å²) >= 11 is 12.3. The molecule has 0 radical (unpaired) electrons. The quantitative estimate of drug-likeness (QED) is 0.111. The Hall–Kier alpha value is -4.27. The average Bonchev–Trinajstić information content (AvgIpc) is 3.01. The van der Waals surface area contributed by atoms with Gasteiger partial charge >= 0.3 is 0 Å². The number of para-hydroxylation sites is 1. The van der Waals surface area contributed by atoms with Crippen LogP contribution in [0.1, 0.15) is 35.7 Å². The Balaban J connectivity index is 1.36. The highest BCUT2D eigenvalue weighted by Crippen LogP contribution is 2.32. The number of halogens is 2. The van der Waals surface area contributed by atoms with Crippen molar-refractivity contribution in [3.8, 4) is 11.5 Å². The van der Waals surface area contributed by atoms with Gasteiger partial charge in [0.1, 0.15) is 11.5 Å². The first-order valence-corrected chi connectivity index (χ1v) is 15.3. The Labute approximate surface area is 267 Å². The molecule has 1 fully saturated rings. The van der Waals surface area contributed by atoms with Crippen molar-refractivity contribution >= 4 is 51.7 Å². The van der Waals surface area contributed by atoms with Crippen molar-refractivity contribution in [1.82, 2.24) is 15.1 Å². The normalized spacial score (nSPS) is 16.5. The summed E-state index contributed by atoms with van der Waals surface area (Å²) in [5, 5.41) is 13.3. The lowest BCUT2D eigenvalue weighted by Gasteiger charge is -2.45. The monoisotopic (exact) mass is 631 g/mol. The standard InChI is InChI=1S/C34H35Cl2N5O3/c1-22-20-41(33(43)28-10-4-5-11-31(28)44-27-14-15-29(35)30(36)19-27)26(9-6-16-39-34(37)38)21-40(22)32(42)18-23-12-13-24-7-2-3-8-25(24)17-23/h2-5,7-8,10-15,17,19,22,26H,6,9,16,18,20-21H2,1H3,(H4,37,38,39)/t22-,26+/m1/s1. The molecule has 4 aromatic carbocycles. The van der Waals surface area contributed by atoms with Gasteiger partial charge in [-0.3, -0.25) is 15.0 Å². The summed E-state index contributed by atoms with van der Waals surface area (Å²) in [6.45, 7) is 3.24. The fourth-order valence-corrected chi connectivity index (χ4v) is 5.91. The molecule has 1 aliphatic heterocycles. The van der Waals surface area contributed by atoms with Gasteiger partial charge in [0.15, 0.2) is 5.96 Å². The number of nitrogens with two attached hydrogens (primary N) is 1. The maximum atomic E-state index is 14.1. The van der Waals surface area contributed by atoms with Crippen LogP contribution in [-0.4, -0.2) is 59.3 Å². The number of nitrogens with one attached hydrogen (secondary N) is 2. The first kappa shape index (κ1) is 31.2. The molecule has 4 N–H and O–H groups in total. The molecule has 0 spiro atoms. The smallest absolute Gasteiger partial charge is 0.258 e. The highest BCUT2D eigenvalue weighted by Gasteiger charge is 2.37. The van der Waals surface area contributed by atoms with Crippen LogP contribution in [0.15, 0.2) is 84.9 Å². The highest BCUT2D eigenvalue weighted by molar-refractivity contribution is 6.42. The number of guanidine groups is 1. The third-order valence-corrected chi connectivity index (χ3v) is 8.60.